The molecular formula is C12H15BrN2O3. The zero-order valence-electron chi connectivity index (χ0n) is 10.2. The molecule has 0 unspecified atom stereocenters. The highest BCUT2D eigenvalue weighted by Gasteiger charge is 2.23. The lowest BCUT2D eigenvalue weighted by atomic mass is 10.0. The molecule has 0 fully saturated rings. The zero-order valence-corrected chi connectivity index (χ0v) is 11.8. The highest BCUT2D eigenvalue weighted by atomic mass is 79.9. The Morgan fingerprint density at radius 2 is 2.17 bits per heavy atom. The molecule has 0 radical (unpaired) electrons. The summed E-state index contributed by atoms with van der Waals surface area (Å²) < 4.78 is 0.538. The molecule has 0 bridgehead atoms. The number of halogens is 1. The molecule has 1 heterocycles. The van der Waals surface area contributed by atoms with E-state index in [0.29, 0.717) is 10.9 Å². The predicted molar refractivity (Wildman–Crippen MR) is 70.3 cm³/mol. The summed E-state index contributed by atoms with van der Waals surface area (Å²) in [6, 6.07) is 2.47. The molecular weight excluding hydrogens is 300 g/mol. The molecule has 0 saturated heterocycles. The maximum Gasteiger partial charge on any atom is 0.326 e. The molecule has 1 atom stereocenters. The summed E-state index contributed by atoms with van der Waals surface area (Å²) in [7, 11) is 0. The average molecular weight is 315 g/mol. The fourth-order valence-corrected chi connectivity index (χ4v) is 1.91. The van der Waals surface area contributed by atoms with Gasteiger partial charge < -0.3 is 10.4 Å². The molecule has 0 aliphatic heterocycles. The number of nitrogens with zero attached hydrogens (tertiary/aromatic N) is 1. The van der Waals surface area contributed by atoms with Crippen LogP contribution < -0.4 is 5.32 Å². The Balaban J connectivity index is 2.79. The largest absolute Gasteiger partial charge is 0.480 e. The summed E-state index contributed by atoms with van der Waals surface area (Å²) in [4.78, 5) is 26.9. The Labute approximate surface area is 114 Å². The van der Waals surface area contributed by atoms with Crippen molar-refractivity contribution >= 4 is 27.8 Å². The number of carbonyl (C=O) groups is 2. The Bertz CT molecular complexity index is 449. The van der Waals surface area contributed by atoms with Gasteiger partial charge in [-0.25, -0.2) is 9.78 Å². The number of carboxylic acid groups (broad SMARTS) is 1. The first-order valence-electron chi connectivity index (χ1n) is 5.56. The van der Waals surface area contributed by atoms with Gasteiger partial charge in [0.2, 0.25) is 0 Å². The number of amides is 1. The average Bonchev–Trinajstić information content (AvgIpc) is 2.27. The van der Waals surface area contributed by atoms with E-state index in [9.17, 15) is 9.59 Å². The number of rotatable bonds is 5. The van der Waals surface area contributed by atoms with Crippen molar-refractivity contribution in [1.82, 2.24) is 10.3 Å². The highest BCUT2D eigenvalue weighted by molar-refractivity contribution is 9.10. The normalized spacial score (nSPS) is 12.2. The van der Waals surface area contributed by atoms with Gasteiger partial charge in [-0.2, -0.15) is 0 Å². The van der Waals surface area contributed by atoms with E-state index < -0.39 is 17.9 Å². The molecule has 0 spiro atoms. The van der Waals surface area contributed by atoms with Crippen LogP contribution in [0.25, 0.3) is 0 Å². The highest BCUT2D eigenvalue weighted by Crippen LogP contribution is 2.14. The van der Waals surface area contributed by atoms with Crippen molar-refractivity contribution in [2.75, 3.05) is 0 Å². The van der Waals surface area contributed by atoms with E-state index >= 15 is 0 Å². The Kier molecular flexibility index (Phi) is 5.27. The zero-order chi connectivity index (χ0) is 13.7. The van der Waals surface area contributed by atoms with Crippen LogP contribution in [0, 0.1) is 5.92 Å². The van der Waals surface area contributed by atoms with E-state index in [4.69, 9.17) is 5.11 Å². The minimum absolute atomic E-state index is 0.179. The van der Waals surface area contributed by atoms with Crippen molar-refractivity contribution < 1.29 is 14.7 Å². The molecule has 0 saturated carbocycles. The maximum atomic E-state index is 11.9. The topological polar surface area (TPSA) is 79.3 Å². The van der Waals surface area contributed by atoms with Crippen molar-refractivity contribution in [3.05, 3.63) is 28.5 Å². The van der Waals surface area contributed by atoms with Gasteiger partial charge in [-0.15, -0.1) is 0 Å². The van der Waals surface area contributed by atoms with Gasteiger partial charge in [0.1, 0.15) is 11.7 Å². The summed E-state index contributed by atoms with van der Waals surface area (Å²) >= 11 is 3.20. The second-order valence-electron chi connectivity index (χ2n) is 4.33. The van der Waals surface area contributed by atoms with Gasteiger partial charge in [-0.3, -0.25) is 4.79 Å². The number of aromatic nitrogens is 1. The standard InChI is InChI=1S/C12H15BrN2O3/c1-7(2)6-9(12(17)18)15-11(16)10-8(13)4-3-5-14-10/h3-5,7,9H,6H2,1-2H3,(H,15,16)(H,17,18)/t9-/m0/s1. The molecule has 5 nitrogen and oxygen atoms in total. The van der Waals surface area contributed by atoms with E-state index in [2.05, 4.69) is 26.2 Å². The van der Waals surface area contributed by atoms with Gasteiger partial charge in [-0.05, 0) is 40.4 Å². The van der Waals surface area contributed by atoms with Crippen molar-refractivity contribution in [1.29, 1.82) is 0 Å². The fourth-order valence-electron chi connectivity index (χ4n) is 1.47. The molecule has 2 N–H and O–H groups in total. The van der Waals surface area contributed by atoms with Crippen LogP contribution in [-0.4, -0.2) is 28.0 Å². The van der Waals surface area contributed by atoms with Crippen LogP contribution in [0.2, 0.25) is 0 Å². The van der Waals surface area contributed by atoms with E-state index in [-0.39, 0.29) is 11.6 Å². The monoisotopic (exact) mass is 314 g/mol. The first kappa shape index (κ1) is 14.6. The lowest BCUT2D eigenvalue weighted by Crippen LogP contribution is -2.42. The van der Waals surface area contributed by atoms with Crippen molar-refractivity contribution in [2.24, 2.45) is 5.92 Å². The first-order chi connectivity index (χ1) is 8.41. The summed E-state index contributed by atoms with van der Waals surface area (Å²) in [5.74, 6) is -1.35. The van der Waals surface area contributed by atoms with Crippen LogP contribution >= 0.6 is 15.9 Å². The quantitative estimate of drug-likeness (QED) is 0.872. The van der Waals surface area contributed by atoms with Crippen LogP contribution in [0.15, 0.2) is 22.8 Å². The summed E-state index contributed by atoms with van der Waals surface area (Å²) in [5, 5.41) is 11.5. The summed E-state index contributed by atoms with van der Waals surface area (Å²) in [6.07, 6.45) is 1.86. The molecule has 1 aromatic rings. The van der Waals surface area contributed by atoms with Crippen LogP contribution in [0.5, 0.6) is 0 Å². The third-order valence-electron chi connectivity index (χ3n) is 2.28. The minimum atomic E-state index is -1.04. The van der Waals surface area contributed by atoms with Crippen molar-refractivity contribution in [3.63, 3.8) is 0 Å². The van der Waals surface area contributed by atoms with Gasteiger partial charge in [0.15, 0.2) is 0 Å². The molecule has 6 heteroatoms. The van der Waals surface area contributed by atoms with E-state index in [1.54, 1.807) is 12.1 Å². The third kappa shape index (κ3) is 4.10. The van der Waals surface area contributed by atoms with E-state index in [1.807, 2.05) is 13.8 Å². The van der Waals surface area contributed by atoms with Gasteiger partial charge in [0, 0.05) is 10.7 Å². The number of nitrogens with one attached hydrogen (secondary N) is 1. The fraction of sp³-hybridized carbons (Fsp3) is 0.417. The summed E-state index contributed by atoms with van der Waals surface area (Å²) in [6.45, 7) is 3.80. The molecule has 18 heavy (non-hydrogen) atoms. The smallest absolute Gasteiger partial charge is 0.326 e. The number of hydrogen-bond donors (Lipinski definition) is 2. The second kappa shape index (κ2) is 6.49. The molecule has 0 aliphatic rings. The number of aliphatic carboxylic acids is 1. The number of carboxylic acids is 1. The summed E-state index contributed by atoms with van der Waals surface area (Å²) in [5.41, 5.74) is 0.188. The van der Waals surface area contributed by atoms with E-state index in [1.165, 1.54) is 6.20 Å². The van der Waals surface area contributed by atoms with Crippen molar-refractivity contribution in [3.8, 4) is 0 Å². The van der Waals surface area contributed by atoms with Gasteiger partial charge in [0.05, 0.1) is 0 Å². The predicted octanol–water partition coefficient (Wildman–Crippen LogP) is 2.07. The van der Waals surface area contributed by atoms with E-state index in [0.717, 1.165) is 0 Å². The lowest BCUT2D eigenvalue weighted by Gasteiger charge is -2.16. The number of hydrogen-bond acceptors (Lipinski definition) is 3. The third-order valence-corrected chi connectivity index (χ3v) is 2.92. The SMILES string of the molecule is CC(C)C[C@H](NC(=O)c1ncccc1Br)C(=O)O. The van der Waals surface area contributed by atoms with Crippen LogP contribution in [0.3, 0.4) is 0 Å². The Morgan fingerprint density at radius 1 is 1.50 bits per heavy atom. The number of carbonyl (C=O) groups excluding carboxylic acids is 1. The number of pyridine rings is 1. The van der Waals surface area contributed by atoms with Gasteiger partial charge in [-0.1, -0.05) is 13.8 Å². The van der Waals surface area contributed by atoms with Crippen molar-refractivity contribution in [2.45, 2.75) is 26.3 Å². The Morgan fingerprint density at radius 3 is 2.67 bits per heavy atom. The molecule has 0 aromatic carbocycles. The molecule has 1 aromatic heterocycles. The van der Waals surface area contributed by atoms with Crippen LogP contribution in [0.1, 0.15) is 30.8 Å². The molecule has 1 rings (SSSR count). The van der Waals surface area contributed by atoms with Crippen LogP contribution in [0.4, 0.5) is 0 Å². The molecule has 98 valence electrons. The van der Waals surface area contributed by atoms with Gasteiger partial charge >= 0.3 is 5.97 Å². The Hall–Kier alpha value is -1.43. The molecule has 1 amide bonds. The minimum Gasteiger partial charge on any atom is -0.480 e. The van der Waals surface area contributed by atoms with Crippen LogP contribution in [-0.2, 0) is 4.79 Å². The lowest BCUT2D eigenvalue weighted by molar-refractivity contribution is -0.139. The van der Waals surface area contributed by atoms with Gasteiger partial charge in [0.25, 0.3) is 5.91 Å². The second-order valence-corrected chi connectivity index (χ2v) is 5.18. The molecule has 0 aliphatic carbocycles. The maximum absolute atomic E-state index is 11.9. The first-order valence-corrected chi connectivity index (χ1v) is 6.35.